The van der Waals surface area contributed by atoms with Crippen molar-refractivity contribution in [3.05, 3.63) is 36.8 Å². The highest BCUT2D eigenvalue weighted by Crippen LogP contribution is 2.46. The molecule has 2 N–H and O–H groups in total. The normalized spacial score (nSPS) is 29.4. The van der Waals surface area contributed by atoms with Gasteiger partial charge in [-0.15, -0.1) is 0 Å². The van der Waals surface area contributed by atoms with E-state index in [-0.39, 0.29) is 11.5 Å². The molecule has 46 heavy (non-hydrogen) atoms. The lowest BCUT2D eigenvalue weighted by atomic mass is 9.84. The number of benzene rings is 1. The van der Waals surface area contributed by atoms with Gasteiger partial charge in [-0.1, -0.05) is 12.1 Å². The van der Waals surface area contributed by atoms with Crippen LogP contribution in [0.1, 0.15) is 71.8 Å². The average molecular weight is 631 g/mol. The molecule has 244 valence electrons. The van der Waals surface area contributed by atoms with E-state index < -0.39 is 11.9 Å². The van der Waals surface area contributed by atoms with E-state index in [2.05, 4.69) is 47.4 Å². The summed E-state index contributed by atoms with van der Waals surface area (Å²) in [6, 6.07) is 10.1. The summed E-state index contributed by atoms with van der Waals surface area (Å²) in [7, 11) is 0. The smallest absolute Gasteiger partial charge is 0.310 e. The molecule has 2 aromatic heterocycles. The summed E-state index contributed by atoms with van der Waals surface area (Å²) in [6.45, 7) is 6.55. The third-order valence-electron chi connectivity index (χ3n) is 10.5. The van der Waals surface area contributed by atoms with Crippen molar-refractivity contribution >= 4 is 34.7 Å². The number of rotatable bonds is 6. The Bertz CT molecular complexity index is 1650. The molecule has 5 fully saturated rings. The second kappa shape index (κ2) is 12.0. The summed E-state index contributed by atoms with van der Waals surface area (Å²) in [5, 5.41) is 0.909. The molecule has 4 aliphatic heterocycles. The third-order valence-corrected chi connectivity index (χ3v) is 10.5. The molecule has 1 aliphatic carbocycles. The zero-order valence-electron chi connectivity index (χ0n) is 26.7. The van der Waals surface area contributed by atoms with E-state index in [1.807, 2.05) is 12.1 Å². The molecule has 5 aliphatic rings. The lowest BCUT2D eigenvalue weighted by molar-refractivity contribution is -0.156. The lowest BCUT2D eigenvalue weighted by Gasteiger charge is -2.46. The molecule has 12 heteroatoms. The number of ether oxygens (including phenoxy) is 3. The van der Waals surface area contributed by atoms with Crippen LogP contribution in [-0.4, -0.2) is 91.7 Å². The highest BCUT2D eigenvalue weighted by molar-refractivity contribution is 6.00. The Balaban J connectivity index is 0.000000437. The summed E-state index contributed by atoms with van der Waals surface area (Å²) >= 11 is 0. The van der Waals surface area contributed by atoms with E-state index in [0.717, 1.165) is 85.9 Å². The molecular formula is C34H42N6O6. The number of esters is 2. The molecule has 1 aromatic carbocycles. The number of piperazine rings is 1. The van der Waals surface area contributed by atoms with Gasteiger partial charge < -0.3 is 29.4 Å². The number of hydrogen-bond acceptors (Lipinski definition) is 10. The molecule has 1 saturated carbocycles. The van der Waals surface area contributed by atoms with Gasteiger partial charge in [-0.05, 0) is 62.6 Å². The molecule has 0 radical (unpaired) electrons. The molecule has 0 spiro atoms. The van der Waals surface area contributed by atoms with Crippen molar-refractivity contribution < 1.29 is 28.6 Å². The van der Waals surface area contributed by atoms with Crippen LogP contribution < -0.4 is 10.5 Å². The number of nitrogen functional groups attached to an aromatic ring is 1. The van der Waals surface area contributed by atoms with Crippen LogP contribution in [0.4, 0.5) is 5.82 Å². The van der Waals surface area contributed by atoms with Gasteiger partial charge in [0.15, 0.2) is 0 Å². The van der Waals surface area contributed by atoms with Crippen LogP contribution in [0, 0.1) is 0 Å². The van der Waals surface area contributed by atoms with Crippen molar-refractivity contribution in [3.8, 4) is 16.9 Å². The van der Waals surface area contributed by atoms with Crippen LogP contribution in [0.5, 0.6) is 5.75 Å². The summed E-state index contributed by atoms with van der Waals surface area (Å²) in [6.07, 6.45) is 12.0. The summed E-state index contributed by atoms with van der Waals surface area (Å²) in [5.41, 5.74) is 9.34. The van der Waals surface area contributed by atoms with Crippen molar-refractivity contribution in [2.24, 2.45) is 0 Å². The van der Waals surface area contributed by atoms with Gasteiger partial charge in [0, 0.05) is 69.8 Å². The first kappa shape index (κ1) is 30.6. The summed E-state index contributed by atoms with van der Waals surface area (Å²) in [4.78, 5) is 45.3. The van der Waals surface area contributed by atoms with Gasteiger partial charge in [-0.2, -0.15) is 0 Å². The van der Waals surface area contributed by atoms with Crippen molar-refractivity contribution in [2.45, 2.75) is 102 Å². The van der Waals surface area contributed by atoms with Crippen LogP contribution in [0.25, 0.3) is 22.2 Å². The van der Waals surface area contributed by atoms with Gasteiger partial charge in [0.05, 0.1) is 11.5 Å². The molecule has 8 rings (SSSR count). The van der Waals surface area contributed by atoms with E-state index >= 15 is 0 Å². The fraction of sp³-hybridized carbons (Fsp3) is 0.559. The zero-order chi connectivity index (χ0) is 32.2. The molecule has 2 atom stereocenters. The van der Waals surface area contributed by atoms with Gasteiger partial charge in [0.1, 0.15) is 35.7 Å². The second-order valence-electron chi connectivity index (χ2n) is 13.5. The first-order valence-corrected chi connectivity index (χ1v) is 16.3. The molecule has 12 nitrogen and oxygen atoms in total. The number of nitrogens with two attached hydrogens (primary N) is 1. The number of carbonyl (C=O) groups excluding carboxylic acids is 3. The molecule has 6 heterocycles. The molecular weight excluding hydrogens is 588 g/mol. The number of carbonyl (C=O) groups is 3. The lowest BCUT2D eigenvalue weighted by Crippen LogP contribution is -2.55. The van der Waals surface area contributed by atoms with Gasteiger partial charge in [-0.25, -0.2) is 9.97 Å². The summed E-state index contributed by atoms with van der Waals surface area (Å²) in [5.74, 6) is 0.447. The van der Waals surface area contributed by atoms with E-state index in [1.165, 1.54) is 13.8 Å². The maximum Gasteiger partial charge on any atom is 0.310 e. The summed E-state index contributed by atoms with van der Waals surface area (Å²) < 4.78 is 18.8. The fourth-order valence-electron chi connectivity index (χ4n) is 8.25. The largest absolute Gasteiger partial charge is 0.491 e. The first-order valence-electron chi connectivity index (χ1n) is 16.3. The number of aromatic nitrogens is 3. The minimum absolute atomic E-state index is 0.102. The van der Waals surface area contributed by atoms with E-state index in [9.17, 15) is 14.4 Å². The minimum atomic E-state index is -0.562. The van der Waals surface area contributed by atoms with E-state index in [0.29, 0.717) is 42.7 Å². The van der Waals surface area contributed by atoms with E-state index in [4.69, 9.17) is 15.2 Å². The Kier molecular flexibility index (Phi) is 7.96. The van der Waals surface area contributed by atoms with Crippen molar-refractivity contribution in [3.63, 3.8) is 0 Å². The third kappa shape index (κ3) is 5.72. The van der Waals surface area contributed by atoms with Crippen molar-refractivity contribution in [2.75, 3.05) is 25.4 Å². The molecule has 4 bridgehead atoms. The first-order chi connectivity index (χ1) is 22.1. The number of nitrogens with zero attached hydrogens (tertiary/aromatic N) is 5. The van der Waals surface area contributed by atoms with Crippen LogP contribution >= 0.6 is 0 Å². The number of fused-ring (bicyclic) bond motifs is 5. The van der Waals surface area contributed by atoms with Gasteiger partial charge in [-0.3, -0.25) is 19.3 Å². The predicted molar refractivity (Wildman–Crippen MR) is 170 cm³/mol. The number of amides is 1. The Labute approximate surface area is 268 Å². The Morgan fingerprint density at radius 1 is 0.978 bits per heavy atom. The number of anilines is 1. The Morgan fingerprint density at radius 2 is 1.72 bits per heavy atom. The maximum atomic E-state index is 11.9. The van der Waals surface area contributed by atoms with Crippen LogP contribution in [0.2, 0.25) is 0 Å². The highest BCUT2D eigenvalue weighted by Gasteiger charge is 2.50. The highest BCUT2D eigenvalue weighted by atomic mass is 16.6. The minimum Gasteiger partial charge on any atom is -0.491 e. The topological polar surface area (TPSA) is 142 Å². The van der Waals surface area contributed by atoms with Crippen LogP contribution in [0.15, 0.2) is 36.8 Å². The number of hydrogen-bond donors (Lipinski definition) is 1. The maximum absolute atomic E-state index is 11.9. The SMILES string of the molecule is CC(=O)N1CC2CC1CN2C1CC(n2cc(-c3cccc(OCC45CCC(CC4)O5)c3)c3c(N)ncnc32)C1.CC(=O)OC(C)=O. The molecule has 4 saturated heterocycles. The fourth-order valence-corrected chi connectivity index (χ4v) is 8.25. The zero-order valence-corrected chi connectivity index (χ0v) is 26.7. The van der Waals surface area contributed by atoms with Gasteiger partial charge in [0.25, 0.3) is 0 Å². The monoisotopic (exact) mass is 630 g/mol. The standard InChI is InChI=1S/C30H36N6O3.C4H6O3/c1-18(37)34-13-23-12-22(34)14-35(23)20-10-21(11-20)36-15-26(27-28(31)32-17-33-29(27)36)19-3-2-4-25(9-19)38-16-30-7-5-24(39-30)6-8-30;1-3(5)7-4(2)6/h2-4,9,15,17,20-24H,5-8,10-14,16H2,1H3,(H2,31,32,33);1-2H3. The van der Waals surface area contributed by atoms with E-state index in [1.54, 1.807) is 13.3 Å². The molecule has 1 amide bonds. The van der Waals surface area contributed by atoms with Gasteiger partial charge in [0.2, 0.25) is 5.91 Å². The van der Waals surface area contributed by atoms with Crippen LogP contribution in [-0.2, 0) is 23.9 Å². The second-order valence-corrected chi connectivity index (χ2v) is 13.5. The average Bonchev–Trinajstić information content (AvgIpc) is 3.82. The quantitative estimate of drug-likeness (QED) is 0.315. The van der Waals surface area contributed by atoms with Gasteiger partial charge >= 0.3 is 11.9 Å². The Morgan fingerprint density at radius 3 is 2.33 bits per heavy atom. The number of likely N-dealkylation sites (tertiary alicyclic amines) is 2. The van der Waals surface area contributed by atoms with Crippen molar-refractivity contribution in [1.29, 1.82) is 0 Å². The Hall–Kier alpha value is -4.03. The van der Waals surface area contributed by atoms with Crippen LogP contribution in [0.3, 0.4) is 0 Å². The molecule has 2 unspecified atom stereocenters. The van der Waals surface area contributed by atoms with Crippen molar-refractivity contribution in [1.82, 2.24) is 24.3 Å². The predicted octanol–water partition coefficient (Wildman–Crippen LogP) is 3.88. The molecule has 3 aromatic rings.